The molecular formula is C12H21NO3. The molecule has 0 rings (SSSR count). The van der Waals surface area contributed by atoms with Crippen molar-refractivity contribution in [1.29, 1.82) is 0 Å². The number of hydrogen-bond acceptors (Lipinski definition) is 3. The zero-order valence-electron chi connectivity index (χ0n) is 10.4. The number of ether oxygens (including phenoxy) is 1. The maximum Gasteiger partial charge on any atom is 0.307 e. The number of hydrogen-bond donors (Lipinski definition) is 2. The molecule has 0 aliphatic rings. The van der Waals surface area contributed by atoms with Crippen LogP contribution in [0.25, 0.3) is 0 Å². The van der Waals surface area contributed by atoms with Crippen LogP contribution < -0.4 is 5.32 Å². The minimum absolute atomic E-state index is 0.000370. The van der Waals surface area contributed by atoms with Crippen LogP contribution in [0.4, 0.5) is 0 Å². The topological polar surface area (TPSA) is 58.6 Å². The van der Waals surface area contributed by atoms with Gasteiger partial charge < -0.3 is 15.2 Å². The number of carbonyl (C=O) groups is 1. The summed E-state index contributed by atoms with van der Waals surface area (Å²) in [5.41, 5.74) is 1.61. The highest BCUT2D eigenvalue weighted by molar-refractivity contribution is 5.71. The van der Waals surface area contributed by atoms with Gasteiger partial charge in [0.1, 0.15) is 0 Å². The average molecular weight is 227 g/mol. The highest BCUT2D eigenvalue weighted by atomic mass is 16.5. The van der Waals surface area contributed by atoms with Crippen molar-refractivity contribution in [1.82, 2.24) is 5.32 Å². The fourth-order valence-electron chi connectivity index (χ4n) is 1.36. The van der Waals surface area contributed by atoms with Gasteiger partial charge in [0.25, 0.3) is 0 Å². The number of carboxylic acid groups (broad SMARTS) is 1. The first-order valence-corrected chi connectivity index (χ1v) is 5.38. The standard InChI is InChI=1S/C12H21NO3/c1-5-6-11(13-3)10(8-12(14)15)7-9(2)16-4/h6-7,9,13H,5,8H2,1-4H3,(H,14,15)/b10-7-,11-6+. The van der Waals surface area contributed by atoms with Gasteiger partial charge in [0.2, 0.25) is 0 Å². The molecule has 0 fully saturated rings. The van der Waals surface area contributed by atoms with Crippen LogP contribution in [0.15, 0.2) is 23.4 Å². The van der Waals surface area contributed by atoms with E-state index in [0.29, 0.717) is 0 Å². The van der Waals surface area contributed by atoms with Gasteiger partial charge in [0, 0.05) is 19.9 Å². The molecule has 0 radical (unpaired) electrons. The maximum absolute atomic E-state index is 10.8. The van der Waals surface area contributed by atoms with E-state index in [1.165, 1.54) is 0 Å². The third-order valence-electron chi connectivity index (χ3n) is 2.17. The second-order valence-electron chi connectivity index (χ2n) is 3.48. The average Bonchev–Trinajstić information content (AvgIpc) is 2.24. The Bertz CT molecular complexity index is 282. The molecule has 92 valence electrons. The molecule has 0 aromatic rings. The number of allylic oxidation sites excluding steroid dienone is 2. The predicted molar refractivity (Wildman–Crippen MR) is 64.2 cm³/mol. The lowest BCUT2D eigenvalue weighted by atomic mass is 10.1. The molecule has 0 bridgehead atoms. The van der Waals surface area contributed by atoms with E-state index in [-0.39, 0.29) is 12.5 Å². The van der Waals surface area contributed by atoms with Gasteiger partial charge in [-0.25, -0.2) is 0 Å². The highest BCUT2D eigenvalue weighted by Gasteiger charge is 2.09. The van der Waals surface area contributed by atoms with E-state index >= 15 is 0 Å². The summed E-state index contributed by atoms with van der Waals surface area (Å²) in [7, 11) is 3.39. The molecular weight excluding hydrogens is 206 g/mol. The van der Waals surface area contributed by atoms with Crippen molar-refractivity contribution in [3.05, 3.63) is 23.4 Å². The van der Waals surface area contributed by atoms with Gasteiger partial charge in [-0.15, -0.1) is 0 Å². The Morgan fingerprint density at radius 3 is 2.56 bits per heavy atom. The second kappa shape index (κ2) is 7.93. The molecule has 0 spiro atoms. The van der Waals surface area contributed by atoms with Gasteiger partial charge in [0.05, 0.1) is 12.5 Å². The zero-order chi connectivity index (χ0) is 12.6. The largest absolute Gasteiger partial charge is 0.481 e. The van der Waals surface area contributed by atoms with E-state index in [9.17, 15) is 4.79 Å². The van der Waals surface area contributed by atoms with Crippen LogP contribution >= 0.6 is 0 Å². The predicted octanol–water partition coefficient (Wildman–Crippen LogP) is 1.94. The summed E-state index contributed by atoms with van der Waals surface area (Å²) >= 11 is 0. The molecule has 0 aromatic heterocycles. The van der Waals surface area contributed by atoms with E-state index in [1.807, 2.05) is 26.0 Å². The van der Waals surface area contributed by atoms with Gasteiger partial charge in [-0.1, -0.05) is 19.1 Å². The molecule has 4 heteroatoms. The van der Waals surface area contributed by atoms with Crippen molar-refractivity contribution < 1.29 is 14.6 Å². The lowest BCUT2D eigenvalue weighted by Crippen LogP contribution is -2.14. The first-order chi connectivity index (χ1) is 7.54. The number of likely N-dealkylation sites (N-methyl/N-ethyl adjacent to an activating group) is 1. The number of rotatable bonds is 7. The summed E-state index contributed by atoms with van der Waals surface area (Å²) in [6.07, 6.45) is 4.56. The van der Waals surface area contributed by atoms with Crippen LogP contribution in [0.1, 0.15) is 26.7 Å². The van der Waals surface area contributed by atoms with Crippen molar-refractivity contribution >= 4 is 5.97 Å². The molecule has 0 aromatic carbocycles. The summed E-state index contributed by atoms with van der Waals surface area (Å²) in [5, 5.41) is 11.9. The highest BCUT2D eigenvalue weighted by Crippen LogP contribution is 2.14. The van der Waals surface area contributed by atoms with E-state index in [2.05, 4.69) is 5.32 Å². The third-order valence-corrected chi connectivity index (χ3v) is 2.17. The van der Waals surface area contributed by atoms with Crippen LogP contribution in [-0.2, 0) is 9.53 Å². The van der Waals surface area contributed by atoms with Crippen molar-refractivity contribution in [3.8, 4) is 0 Å². The third kappa shape index (κ3) is 5.56. The molecule has 2 N–H and O–H groups in total. The summed E-state index contributed by atoms with van der Waals surface area (Å²) in [6.45, 7) is 3.89. The van der Waals surface area contributed by atoms with Crippen LogP contribution in [-0.4, -0.2) is 31.3 Å². The molecule has 16 heavy (non-hydrogen) atoms. The monoisotopic (exact) mass is 227 g/mol. The van der Waals surface area contributed by atoms with Crippen LogP contribution in [0.2, 0.25) is 0 Å². The minimum atomic E-state index is -0.841. The molecule has 0 heterocycles. The fraction of sp³-hybridized carbons (Fsp3) is 0.583. The lowest BCUT2D eigenvalue weighted by Gasteiger charge is -2.12. The van der Waals surface area contributed by atoms with Crippen molar-refractivity contribution in [3.63, 3.8) is 0 Å². The van der Waals surface area contributed by atoms with Gasteiger partial charge >= 0.3 is 5.97 Å². The normalized spacial score (nSPS) is 14.8. The molecule has 0 aliphatic heterocycles. The SMILES string of the molecule is CC/C=C(NC)\C(=C/C(C)OC)CC(=O)O. The molecule has 0 saturated carbocycles. The van der Waals surface area contributed by atoms with Crippen molar-refractivity contribution in [2.24, 2.45) is 0 Å². The Kier molecular flexibility index (Phi) is 7.29. The van der Waals surface area contributed by atoms with Gasteiger partial charge in [-0.3, -0.25) is 4.79 Å². The number of nitrogens with one attached hydrogen (secondary N) is 1. The summed E-state index contributed by atoms with van der Waals surface area (Å²) in [6, 6.07) is 0. The Morgan fingerprint density at radius 1 is 1.56 bits per heavy atom. The number of carboxylic acids is 1. The van der Waals surface area contributed by atoms with E-state index in [4.69, 9.17) is 9.84 Å². The Balaban J connectivity index is 4.97. The summed E-state index contributed by atoms with van der Waals surface area (Å²) in [5.74, 6) is -0.841. The molecule has 0 amide bonds. The number of methoxy groups -OCH3 is 1. The minimum Gasteiger partial charge on any atom is -0.481 e. The van der Waals surface area contributed by atoms with E-state index in [0.717, 1.165) is 17.7 Å². The fourth-order valence-corrected chi connectivity index (χ4v) is 1.36. The van der Waals surface area contributed by atoms with Crippen molar-refractivity contribution in [2.75, 3.05) is 14.2 Å². The van der Waals surface area contributed by atoms with E-state index in [1.54, 1.807) is 14.2 Å². The Labute approximate surface area is 97.0 Å². The molecule has 1 atom stereocenters. The molecule has 4 nitrogen and oxygen atoms in total. The van der Waals surface area contributed by atoms with Crippen LogP contribution in [0.5, 0.6) is 0 Å². The molecule has 0 aliphatic carbocycles. The first kappa shape index (κ1) is 14.7. The van der Waals surface area contributed by atoms with E-state index < -0.39 is 5.97 Å². The lowest BCUT2D eigenvalue weighted by molar-refractivity contribution is -0.136. The van der Waals surface area contributed by atoms with Gasteiger partial charge in [-0.2, -0.15) is 0 Å². The summed E-state index contributed by atoms with van der Waals surface area (Å²) < 4.78 is 5.11. The second-order valence-corrected chi connectivity index (χ2v) is 3.48. The van der Waals surface area contributed by atoms with Crippen molar-refractivity contribution in [2.45, 2.75) is 32.8 Å². The van der Waals surface area contributed by atoms with Gasteiger partial charge in [0.15, 0.2) is 0 Å². The smallest absolute Gasteiger partial charge is 0.307 e. The maximum atomic E-state index is 10.8. The van der Waals surface area contributed by atoms with Crippen LogP contribution in [0, 0.1) is 0 Å². The summed E-state index contributed by atoms with van der Waals surface area (Å²) in [4.78, 5) is 10.8. The zero-order valence-corrected chi connectivity index (χ0v) is 10.4. The van der Waals surface area contributed by atoms with Gasteiger partial charge in [-0.05, 0) is 18.9 Å². The quantitative estimate of drug-likeness (QED) is 0.652. The molecule has 1 unspecified atom stereocenters. The number of aliphatic carboxylic acids is 1. The van der Waals surface area contributed by atoms with Crippen LogP contribution in [0.3, 0.4) is 0 Å². The Morgan fingerprint density at radius 2 is 2.19 bits per heavy atom. The Hall–Kier alpha value is -1.29. The first-order valence-electron chi connectivity index (χ1n) is 5.38. The molecule has 0 saturated heterocycles.